The third-order valence-corrected chi connectivity index (χ3v) is 4.64. The van der Waals surface area contributed by atoms with E-state index in [4.69, 9.17) is 0 Å². The number of hydrogen-bond acceptors (Lipinski definition) is 4. The Bertz CT molecular complexity index is 788. The van der Waals surface area contributed by atoms with E-state index < -0.39 is 0 Å². The summed E-state index contributed by atoms with van der Waals surface area (Å²) in [6.07, 6.45) is 2.46. The van der Waals surface area contributed by atoms with Gasteiger partial charge in [-0.15, -0.1) is 5.10 Å². The average molecular weight is 319 g/mol. The molecule has 24 heavy (non-hydrogen) atoms. The summed E-state index contributed by atoms with van der Waals surface area (Å²) in [6.45, 7) is 4.25. The Labute approximate surface area is 141 Å². The first kappa shape index (κ1) is 15.0. The summed E-state index contributed by atoms with van der Waals surface area (Å²) in [6, 6.07) is 19.0. The van der Waals surface area contributed by atoms with Crippen LogP contribution in [0, 0.1) is 6.92 Å². The molecule has 3 aromatic rings. The number of rotatable bonds is 4. The topological polar surface area (TPSA) is 46.8 Å². The van der Waals surface area contributed by atoms with Crippen LogP contribution in [0.15, 0.2) is 54.6 Å². The second-order valence-corrected chi connectivity index (χ2v) is 6.34. The van der Waals surface area contributed by atoms with Gasteiger partial charge < -0.3 is 0 Å². The third-order valence-electron chi connectivity index (χ3n) is 4.64. The molecule has 0 amide bonds. The molecule has 2 aromatic carbocycles. The highest BCUT2D eigenvalue weighted by atomic mass is 15.6. The van der Waals surface area contributed by atoms with Crippen molar-refractivity contribution in [3.05, 3.63) is 71.5 Å². The van der Waals surface area contributed by atoms with Gasteiger partial charge >= 0.3 is 0 Å². The molecule has 1 aliphatic heterocycles. The molecular formula is C19H21N5. The van der Waals surface area contributed by atoms with Gasteiger partial charge in [-0.05, 0) is 61.0 Å². The highest BCUT2D eigenvalue weighted by molar-refractivity contribution is 5.36. The second-order valence-electron chi connectivity index (χ2n) is 6.34. The first-order valence-electron chi connectivity index (χ1n) is 8.47. The van der Waals surface area contributed by atoms with Gasteiger partial charge in [0.25, 0.3) is 0 Å². The van der Waals surface area contributed by atoms with Crippen molar-refractivity contribution in [3.63, 3.8) is 0 Å². The fourth-order valence-electron chi connectivity index (χ4n) is 3.39. The molecule has 5 nitrogen and oxygen atoms in total. The maximum atomic E-state index is 4.40. The van der Waals surface area contributed by atoms with Gasteiger partial charge in [0.1, 0.15) is 0 Å². The Kier molecular flexibility index (Phi) is 4.09. The minimum Gasteiger partial charge on any atom is -0.290 e. The van der Waals surface area contributed by atoms with Crippen LogP contribution in [0.2, 0.25) is 0 Å². The summed E-state index contributed by atoms with van der Waals surface area (Å²) >= 11 is 0. The fraction of sp³-hybridized carbons (Fsp3) is 0.316. The number of hydrogen-bond donors (Lipinski definition) is 0. The highest BCUT2D eigenvalue weighted by Gasteiger charge is 2.29. The molecule has 0 radical (unpaired) electrons. The Morgan fingerprint density at radius 2 is 1.62 bits per heavy atom. The number of nitrogens with zero attached hydrogens (tertiary/aromatic N) is 5. The zero-order valence-corrected chi connectivity index (χ0v) is 13.8. The lowest BCUT2D eigenvalue weighted by Crippen LogP contribution is -2.29. The van der Waals surface area contributed by atoms with E-state index >= 15 is 0 Å². The number of aromatic nitrogens is 4. The van der Waals surface area contributed by atoms with Gasteiger partial charge in [0.15, 0.2) is 5.82 Å². The molecule has 0 N–H and O–H groups in total. The molecule has 4 rings (SSSR count). The quantitative estimate of drug-likeness (QED) is 0.741. The largest absolute Gasteiger partial charge is 0.290 e. The van der Waals surface area contributed by atoms with Gasteiger partial charge in [-0.2, -0.15) is 4.68 Å². The molecule has 0 bridgehead atoms. The van der Waals surface area contributed by atoms with Crippen molar-refractivity contribution < 1.29 is 0 Å². The zero-order chi connectivity index (χ0) is 16.4. The van der Waals surface area contributed by atoms with Crippen molar-refractivity contribution in [1.82, 2.24) is 25.1 Å². The fourth-order valence-corrected chi connectivity index (χ4v) is 3.39. The van der Waals surface area contributed by atoms with Crippen molar-refractivity contribution >= 4 is 0 Å². The Morgan fingerprint density at radius 1 is 0.917 bits per heavy atom. The zero-order valence-electron chi connectivity index (χ0n) is 13.8. The molecule has 1 aliphatic rings. The van der Waals surface area contributed by atoms with Crippen LogP contribution in [0.4, 0.5) is 0 Å². The van der Waals surface area contributed by atoms with Gasteiger partial charge in [-0.3, -0.25) is 4.90 Å². The maximum Gasteiger partial charge on any atom is 0.178 e. The standard InChI is InChI=1S/C19H21N5/c1-15-9-11-17(12-10-15)24-19(20-21-22-24)18(23-13-5-6-14-23)16-7-3-2-4-8-16/h2-4,7-12,18H,5-6,13-14H2,1H3. The van der Waals surface area contributed by atoms with E-state index in [1.807, 2.05) is 10.7 Å². The molecular weight excluding hydrogens is 298 g/mol. The van der Waals surface area contributed by atoms with Crippen molar-refractivity contribution in [3.8, 4) is 5.69 Å². The third kappa shape index (κ3) is 2.83. The van der Waals surface area contributed by atoms with Crippen molar-refractivity contribution in [1.29, 1.82) is 0 Å². The van der Waals surface area contributed by atoms with E-state index in [9.17, 15) is 0 Å². The predicted molar refractivity (Wildman–Crippen MR) is 93.0 cm³/mol. The lowest BCUT2D eigenvalue weighted by Gasteiger charge is -2.26. The van der Waals surface area contributed by atoms with Crippen LogP contribution in [0.1, 0.15) is 35.8 Å². The smallest absolute Gasteiger partial charge is 0.178 e. The Hall–Kier alpha value is -2.53. The van der Waals surface area contributed by atoms with Crippen molar-refractivity contribution in [2.45, 2.75) is 25.8 Å². The predicted octanol–water partition coefficient (Wildman–Crippen LogP) is 3.16. The summed E-state index contributed by atoms with van der Waals surface area (Å²) in [5, 5.41) is 12.6. The van der Waals surface area contributed by atoms with E-state index in [0.29, 0.717) is 0 Å². The summed E-state index contributed by atoms with van der Waals surface area (Å²) in [5.74, 6) is 0.881. The van der Waals surface area contributed by atoms with Gasteiger partial charge in [-0.25, -0.2) is 0 Å². The van der Waals surface area contributed by atoms with Crippen molar-refractivity contribution in [2.75, 3.05) is 13.1 Å². The second kappa shape index (κ2) is 6.53. The lowest BCUT2D eigenvalue weighted by atomic mass is 10.0. The van der Waals surface area contributed by atoms with E-state index in [2.05, 4.69) is 75.9 Å². The molecule has 1 unspecified atom stereocenters. The van der Waals surface area contributed by atoms with Crippen LogP contribution in [0.5, 0.6) is 0 Å². The molecule has 1 atom stereocenters. The van der Waals surface area contributed by atoms with E-state index in [1.165, 1.54) is 24.0 Å². The van der Waals surface area contributed by atoms with Gasteiger partial charge in [0, 0.05) is 0 Å². The molecule has 1 aromatic heterocycles. The molecule has 0 spiro atoms. The highest BCUT2D eigenvalue weighted by Crippen LogP contribution is 2.31. The van der Waals surface area contributed by atoms with E-state index in [1.54, 1.807) is 0 Å². The minimum absolute atomic E-state index is 0.0880. The van der Waals surface area contributed by atoms with Crippen LogP contribution in [0.3, 0.4) is 0 Å². The van der Waals surface area contributed by atoms with Gasteiger partial charge in [0.2, 0.25) is 0 Å². The lowest BCUT2D eigenvalue weighted by molar-refractivity contribution is 0.268. The van der Waals surface area contributed by atoms with E-state index in [0.717, 1.165) is 24.6 Å². The molecule has 122 valence electrons. The first-order chi connectivity index (χ1) is 11.8. The number of benzene rings is 2. The van der Waals surface area contributed by atoms with Gasteiger partial charge in [-0.1, -0.05) is 48.0 Å². The normalized spacial score (nSPS) is 16.4. The van der Waals surface area contributed by atoms with Crippen molar-refractivity contribution in [2.24, 2.45) is 0 Å². The molecule has 2 heterocycles. The van der Waals surface area contributed by atoms with Crippen LogP contribution in [-0.4, -0.2) is 38.2 Å². The molecule has 0 aliphatic carbocycles. The minimum atomic E-state index is 0.0880. The SMILES string of the molecule is Cc1ccc(-n2nnnc2C(c2ccccc2)N2CCCC2)cc1. The number of tetrazole rings is 1. The van der Waals surface area contributed by atoms with Crippen LogP contribution >= 0.6 is 0 Å². The molecule has 5 heteroatoms. The number of aryl methyl sites for hydroxylation is 1. The van der Waals surface area contributed by atoms with Crippen LogP contribution in [0.25, 0.3) is 5.69 Å². The molecule has 0 saturated carbocycles. The van der Waals surface area contributed by atoms with E-state index in [-0.39, 0.29) is 6.04 Å². The summed E-state index contributed by atoms with van der Waals surface area (Å²) in [5.41, 5.74) is 3.47. The number of likely N-dealkylation sites (tertiary alicyclic amines) is 1. The summed E-state index contributed by atoms with van der Waals surface area (Å²) in [7, 11) is 0. The first-order valence-corrected chi connectivity index (χ1v) is 8.47. The van der Waals surface area contributed by atoms with Gasteiger partial charge in [0.05, 0.1) is 11.7 Å². The summed E-state index contributed by atoms with van der Waals surface area (Å²) < 4.78 is 1.87. The Balaban J connectivity index is 1.79. The molecule has 1 fully saturated rings. The summed E-state index contributed by atoms with van der Waals surface area (Å²) in [4.78, 5) is 2.48. The van der Waals surface area contributed by atoms with Crippen LogP contribution < -0.4 is 0 Å². The monoisotopic (exact) mass is 319 g/mol. The Morgan fingerprint density at radius 3 is 2.33 bits per heavy atom. The van der Waals surface area contributed by atoms with Crippen LogP contribution in [-0.2, 0) is 0 Å². The molecule has 1 saturated heterocycles. The maximum absolute atomic E-state index is 4.40. The average Bonchev–Trinajstić information content (AvgIpc) is 3.30.